The first-order chi connectivity index (χ1) is 11.4. The fourth-order valence-electron chi connectivity index (χ4n) is 2.62. The van der Waals surface area contributed by atoms with Gasteiger partial charge in [-0.1, -0.05) is 35.5 Å². The van der Waals surface area contributed by atoms with E-state index in [2.05, 4.69) is 39.3 Å². The molecule has 1 fully saturated rings. The van der Waals surface area contributed by atoms with Gasteiger partial charge >= 0.3 is 0 Å². The summed E-state index contributed by atoms with van der Waals surface area (Å²) in [5.41, 5.74) is 2.26. The Kier molecular flexibility index (Phi) is 4.19. The molecular formula is C17H17N3O2S. The highest BCUT2D eigenvalue weighted by atomic mass is 32.1. The van der Waals surface area contributed by atoms with E-state index in [4.69, 9.17) is 9.26 Å². The Morgan fingerprint density at radius 2 is 1.91 bits per heavy atom. The molecule has 0 N–H and O–H groups in total. The Labute approximate surface area is 138 Å². The van der Waals surface area contributed by atoms with Gasteiger partial charge in [-0.3, -0.25) is 4.90 Å². The molecule has 0 atom stereocenters. The molecule has 1 aromatic carbocycles. The van der Waals surface area contributed by atoms with E-state index in [1.54, 1.807) is 11.3 Å². The summed E-state index contributed by atoms with van der Waals surface area (Å²) in [6, 6.07) is 12.3. The first kappa shape index (κ1) is 14.6. The Hall–Kier alpha value is -2.02. The Balaban J connectivity index is 1.47. The van der Waals surface area contributed by atoms with E-state index < -0.39 is 0 Å². The van der Waals surface area contributed by atoms with Gasteiger partial charge in [-0.2, -0.15) is 4.98 Å². The predicted molar refractivity (Wildman–Crippen MR) is 89.1 cm³/mol. The van der Waals surface area contributed by atoms with Crippen LogP contribution in [0.15, 0.2) is 46.3 Å². The molecule has 118 valence electrons. The summed E-state index contributed by atoms with van der Waals surface area (Å²) in [4.78, 5) is 7.87. The van der Waals surface area contributed by atoms with E-state index in [0.717, 1.165) is 43.3 Å². The summed E-state index contributed by atoms with van der Waals surface area (Å²) in [5, 5.41) is 6.08. The molecule has 1 saturated heterocycles. The molecule has 6 heteroatoms. The van der Waals surface area contributed by atoms with Gasteiger partial charge in [0.25, 0.3) is 5.89 Å². The van der Waals surface area contributed by atoms with E-state index in [1.165, 1.54) is 5.56 Å². The van der Waals surface area contributed by atoms with Crippen molar-refractivity contribution in [3.05, 3.63) is 47.3 Å². The fourth-order valence-corrected chi connectivity index (χ4v) is 3.26. The molecule has 5 nitrogen and oxygen atoms in total. The van der Waals surface area contributed by atoms with Gasteiger partial charge in [-0.05, 0) is 17.0 Å². The Morgan fingerprint density at radius 1 is 1.09 bits per heavy atom. The van der Waals surface area contributed by atoms with Crippen LogP contribution in [-0.4, -0.2) is 41.3 Å². The first-order valence-corrected chi connectivity index (χ1v) is 8.53. The summed E-state index contributed by atoms with van der Waals surface area (Å²) >= 11 is 1.59. The third-order valence-electron chi connectivity index (χ3n) is 3.88. The van der Waals surface area contributed by atoms with Crippen LogP contribution in [0, 0.1) is 0 Å². The smallest absolute Gasteiger partial charge is 0.268 e. The maximum absolute atomic E-state index is 5.38. The molecular weight excluding hydrogens is 310 g/mol. The average Bonchev–Trinajstić information content (AvgIpc) is 3.28. The molecule has 0 saturated carbocycles. The number of morpholine rings is 1. The Morgan fingerprint density at radius 3 is 2.65 bits per heavy atom. The molecule has 3 aromatic rings. The van der Waals surface area contributed by atoms with Crippen LogP contribution < -0.4 is 0 Å². The third kappa shape index (κ3) is 3.34. The lowest BCUT2D eigenvalue weighted by atomic mass is 10.1. The number of nitrogens with zero attached hydrogens (tertiary/aromatic N) is 3. The lowest BCUT2D eigenvalue weighted by molar-refractivity contribution is 0.0342. The summed E-state index contributed by atoms with van der Waals surface area (Å²) in [5.74, 6) is 1.21. The van der Waals surface area contributed by atoms with Crippen LogP contribution in [0.2, 0.25) is 0 Å². The zero-order chi connectivity index (χ0) is 15.5. The first-order valence-electron chi connectivity index (χ1n) is 7.65. The number of benzene rings is 1. The molecule has 0 bridgehead atoms. The van der Waals surface area contributed by atoms with Gasteiger partial charge in [0.1, 0.15) is 0 Å². The zero-order valence-corrected chi connectivity index (χ0v) is 13.5. The highest BCUT2D eigenvalue weighted by Gasteiger charge is 2.13. The molecule has 3 heterocycles. The third-order valence-corrected chi connectivity index (χ3v) is 4.74. The lowest BCUT2D eigenvalue weighted by Gasteiger charge is -2.26. The highest BCUT2D eigenvalue weighted by Crippen LogP contribution is 2.25. The highest BCUT2D eigenvalue weighted by molar-refractivity contribution is 7.13. The van der Waals surface area contributed by atoms with Crippen molar-refractivity contribution in [2.24, 2.45) is 0 Å². The molecule has 0 unspecified atom stereocenters. The molecule has 1 aliphatic heterocycles. The monoisotopic (exact) mass is 327 g/mol. The second-order valence-corrected chi connectivity index (χ2v) is 6.43. The number of ether oxygens (including phenoxy) is 1. The molecule has 4 rings (SSSR count). The normalized spacial score (nSPS) is 15.8. The molecule has 1 aliphatic rings. The van der Waals surface area contributed by atoms with Crippen LogP contribution in [-0.2, 0) is 11.3 Å². The van der Waals surface area contributed by atoms with Crippen LogP contribution >= 0.6 is 11.3 Å². The summed E-state index contributed by atoms with van der Waals surface area (Å²) < 4.78 is 10.7. The predicted octanol–water partition coefficient (Wildman–Crippen LogP) is 3.30. The number of rotatable bonds is 4. The van der Waals surface area contributed by atoms with Gasteiger partial charge in [0, 0.05) is 25.2 Å². The van der Waals surface area contributed by atoms with Crippen LogP contribution in [0.4, 0.5) is 0 Å². The topological polar surface area (TPSA) is 51.4 Å². The standard InChI is InChI=1S/C17H17N3O2S/c1-2-15(23-11-1)17-18-16(19-22-17)14-5-3-13(4-6-14)12-20-7-9-21-10-8-20/h1-6,11H,7-10,12H2. The molecule has 2 aromatic heterocycles. The van der Waals surface area contributed by atoms with Gasteiger partial charge < -0.3 is 9.26 Å². The average molecular weight is 327 g/mol. The molecule has 0 radical (unpaired) electrons. The minimum absolute atomic E-state index is 0.576. The van der Waals surface area contributed by atoms with Crippen molar-refractivity contribution >= 4 is 11.3 Å². The van der Waals surface area contributed by atoms with Gasteiger partial charge in [0.15, 0.2) is 0 Å². The summed E-state index contributed by atoms with van der Waals surface area (Å²) in [7, 11) is 0. The van der Waals surface area contributed by atoms with Crippen molar-refractivity contribution < 1.29 is 9.26 Å². The van der Waals surface area contributed by atoms with Crippen molar-refractivity contribution in [3.63, 3.8) is 0 Å². The zero-order valence-electron chi connectivity index (χ0n) is 12.6. The molecule has 0 amide bonds. The number of hydrogen-bond acceptors (Lipinski definition) is 6. The quantitative estimate of drug-likeness (QED) is 0.736. The lowest BCUT2D eigenvalue weighted by Crippen LogP contribution is -2.35. The maximum atomic E-state index is 5.38. The van der Waals surface area contributed by atoms with Crippen molar-refractivity contribution in [2.45, 2.75) is 6.54 Å². The minimum Gasteiger partial charge on any atom is -0.379 e. The number of thiophene rings is 1. The summed E-state index contributed by atoms with van der Waals surface area (Å²) in [6.45, 7) is 4.60. The van der Waals surface area contributed by atoms with Crippen LogP contribution in [0.3, 0.4) is 0 Å². The SMILES string of the molecule is c1csc(-c2nc(-c3ccc(CN4CCOCC4)cc3)no2)c1. The van der Waals surface area contributed by atoms with Crippen molar-refractivity contribution in [1.82, 2.24) is 15.0 Å². The van der Waals surface area contributed by atoms with Gasteiger partial charge in [-0.15, -0.1) is 11.3 Å². The van der Waals surface area contributed by atoms with Crippen LogP contribution in [0.1, 0.15) is 5.56 Å². The van der Waals surface area contributed by atoms with Crippen LogP contribution in [0.25, 0.3) is 22.2 Å². The minimum atomic E-state index is 0.576. The maximum Gasteiger partial charge on any atom is 0.268 e. The van der Waals surface area contributed by atoms with Gasteiger partial charge in [-0.25, -0.2) is 0 Å². The van der Waals surface area contributed by atoms with Gasteiger partial charge in [0.2, 0.25) is 5.82 Å². The van der Waals surface area contributed by atoms with Crippen molar-refractivity contribution in [2.75, 3.05) is 26.3 Å². The summed E-state index contributed by atoms with van der Waals surface area (Å²) in [6.07, 6.45) is 0. The second-order valence-electron chi connectivity index (χ2n) is 5.49. The van der Waals surface area contributed by atoms with E-state index in [-0.39, 0.29) is 0 Å². The van der Waals surface area contributed by atoms with E-state index in [0.29, 0.717) is 11.7 Å². The Bertz CT molecular complexity index is 747. The van der Waals surface area contributed by atoms with E-state index in [9.17, 15) is 0 Å². The molecule has 0 spiro atoms. The molecule has 0 aliphatic carbocycles. The van der Waals surface area contributed by atoms with Crippen molar-refractivity contribution in [1.29, 1.82) is 0 Å². The largest absolute Gasteiger partial charge is 0.379 e. The molecule has 23 heavy (non-hydrogen) atoms. The van der Waals surface area contributed by atoms with Crippen LogP contribution in [0.5, 0.6) is 0 Å². The van der Waals surface area contributed by atoms with Crippen molar-refractivity contribution in [3.8, 4) is 22.2 Å². The van der Waals surface area contributed by atoms with E-state index >= 15 is 0 Å². The number of aromatic nitrogens is 2. The van der Waals surface area contributed by atoms with Gasteiger partial charge in [0.05, 0.1) is 18.1 Å². The van der Waals surface area contributed by atoms with E-state index in [1.807, 2.05) is 17.5 Å². The second kappa shape index (κ2) is 6.62. The fraction of sp³-hybridized carbons (Fsp3) is 0.294. The number of hydrogen-bond donors (Lipinski definition) is 0.